The van der Waals surface area contributed by atoms with Gasteiger partial charge in [-0.3, -0.25) is 0 Å². The molecular weight excluding hydrogens is 745 g/mol. The van der Waals surface area contributed by atoms with Gasteiger partial charge in [0, 0.05) is 0 Å². The highest BCUT2D eigenvalue weighted by Gasteiger charge is 2.59. The summed E-state index contributed by atoms with van der Waals surface area (Å²) in [6, 6.07) is 78.8. The largest absolute Gasteiger partial charge is 0.0839 e. The summed E-state index contributed by atoms with van der Waals surface area (Å²) in [5, 5.41) is 7.61. The van der Waals surface area contributed by atoms with Crippen molar-refractivity contribution in [3.8, 4) is 33.4 Å². The van der Waals surface area contributed by atoms with Crippen LogP contribution in [0.3, 0.4) is 0 Å². The first-order valence-electron chi connectivity index (χ1n) is 22.2. The van der Waals surface area contributed by atoms with Gasteiger partial charge in [0.05, 0.1) is 10.8 Å². The third-order valence-corrected chi connectivity index (χ3v) is 15.0. The lowest BCUT2D eigenvalue weighted by Crippen LogP contribution is -2.44. The summed E-state index contributed by atoms with van der Waals surface area (Å²) in [6.07, 6.45) is 7.02. The number of rotatable bonds is 2. The van der Waals surface area contributed by atoms with Gasteiger partial charge in [-0.1, -0.05) is 206 Å². The molecule has 4 aliphatic rings. The molecule has 1 atom stereocenters. The summed E-state index contributed by atoms with van der Waals surface area (Å²) in [4.78, 5) is 0. The summed E-state index contributed by atoms with van der Waals surface area (Å²) in [6.45, 7) is 0. The molecule has 288 valence electrons. The first-order valence-corrected chi connectivity index (χ1v) is 22.2. The molecule has 2 spiro atoms. The fraction of sp³-hybridized carbons (Fsp3) is 0.0645. The zero-order valence-electron chi connectivity index (χ0n) is 34.2. The third kappa shape index (κ3) is 4.17. The number of hydrogen-bond acceptors (Lipinski definition) is 0. The topological polar surface area (TPSA) is 0 Å². The van der Waals surface area contributed by atoms with E-state index < -0.39 is 10.8 Å². The normalized spacial score (nSPS) is 17.3. The summed E-state index contributed by atoms with van der Waals surface area (Å²) < 4.78 is 0. The molecule has 0 heterocycles. The van der Waals surface area contributed by atoms with Gasteiger partial charge in [0.2, 0.25) is 0 Å². The van der Waals surface area contributed by atoms with E-state index in [-0.39, 0.29) is 0 Å². The van der Waals surface area contributed by atoms with Gasteiger partial charge in [0.1, 0.15) is 0 Å². The number of benzene rings is 10. The lowest BCUT2D eigenvalue weighted by Gasteiger charge is -2.49. The minimum Gasteiger partial charge on any atom is -0.0839 e. The van der Waals surface area contributed by atoms with E-state index in [0.717, 1.165) is 12.8 Å². The Bertz CT molecular complexity index is 3550. The summed E-state index contributed by atoms with van der Waals surface area (Å²) in [7, 11) is 0. The summed E-state index contributed by atoms with van der Waals surface area (Å²) >= 11 is 0. The minimum absolute atomic E-state index is 0.496. The lowest BCUT2D eigenvalue weighted by molar-refractivity contribution is 0.629. The van der Waals surface area contributed by atoms with Gasteiger partial charge in [0.15, 0.2) is 0 Å². The molecule has 0 amide bonds. The smallest absolute Gasteiger partial charge is 0.0720 e. The van der Waals surface area contributed by atoms with Crippen LogP contribution in [0, 0.1) is 0 Å². The second-order valence-electron chi connectivity index (χ2n) is 17.7. The van der Waals surface area contributed by atoms with Crippen molar-refractivity contribution in [3.63, 3.8) is 0 Å². The maximum Gasteiger partial charge on any atom is 0.0720 e. The van der Waals surface area contributed by atoms with Crippen molar-refractivity contribution in [1.82, 2.24) is 0 Å². The molecule has 0 aromatic heterocycles. The molecule has 0 N–H and O–H groups in total. The molecule has 0 saturated heterocycles. The van der Waals surface area contributed by atoms with Crippen molar-refractivity contribution in [2.24, 2.45) is 0 Å². The van der Waals surface area contributed by atoms with Crippen molar-refractivity contribution in [2.75, 3.05) is 0 Å². The van der Waals surface area contributed by atoms with E-state index in [0.29, 0.717) is 0 Å². The fourth-order valence-corrected chi connectivity index (χ4v) is 12.8. The highest BCUT2D eigenvalue weighted by molar-refractivity contribution is 6.22. The van der Waals surface area contributed by atoms with Crippen LogP contribution in [-0.4, -0.2) is 0 Å². The molecule has 0 saturated carbocycles. The van der Waals surface area contributed by atoms with E-state index in [1.54, 1.807) is 0 Å². The Labute approximate surface area is 361 Å². The van der Waals surface area contributed by atoms with Crippen molar-refractivity contribution < 1.29 is 0 Å². The van der Waals surface area contributed by atoms with Crippen LogP contribution in [0.1, 0.15) is 57.3 Å². The first kappa shape index (κ1) is 34.2. The molecule has 0 fully saturated rings. The SMILES string of the molecule is C1=CC2=C(CC1)c1ccccc1C21c2ccccc2C2(c3ccccc3-c3ccccc32)c2ccc(-c3c4ccccc4c(-c4ccc5ccccc5c4)c4ccccc34)cc21. The van der Waals surface area contributed by atoms with E-state index in [1.807, 2.05) is 0 Å². The van der Waals surface area contributed by atoms with Crippen LogP contribution in [0.2, 0.25) is 0 Å². The predicted molar refractivity (Wildman–Crippen MR) is 259 cm³/mol. The van der Waals surface area contributed by atoms with Gasteiger partial charge < -0.3 is 0 Å². The molecule has 0 aliphatic heterocycles. The van der Waals surface area contributed by atoms with Gasteiger partial charge in [-0.25, -0.2) is 0 Å². The van der Waals surface area contributed by atoms with Gasteiger partial charge in [-0.2, -0.15) is 0 Å². The van der Waals surface area contributed by atoms with Crippen molar-refractivity contribution in [3.05, 3.63) is 268 Å². The molecule has 4 aliphatic carbocycles. The molecule has 10 aromatic carbocycles. The van der Waals surface area contributed by atoms with Gasteiger partial charge in [0.25, 0.3) is 0 Å². The molecule has 0 bridgehead atoms. The average molecular weight is 785 g/mol. The molecule has 1 unspecified atom stereocenters. The van der Waals surface area contributed by atoms with E-state index in [1.165, 1.54) is 121 Å². The van der Waals surface area contributed by atoms with E-state index >= 15 is 0 Å². The molecule has 0 nitrogen and oxygen atoms in total. The van der Waals surface area contributed by atoms with Gasteiger partial charge >= 0.3 is 0 Å². The second kappa shape index (κ2) is 12.5. The van der Waals surface area contributed by atoms with Gasteiger partial charge in [-0.05, 0) is 146 Å². The van der Waals surface area contributed by atoms with Crippen LogP contribution >= 0.6 is 0 Å². The average Bonchev–Trinajstić information content (AvgIpc) is 3.81. The Hall–Kier alpha value is -7.54. The molecule has 0 heteroatoms. The van der Waals surface area contributed by atoms with E-state index in [2.05, 4.69) is 218 Å². The molecule has 14 rings (SSSR count). The summed E-state index contributed by atoms with van der Waals surface area (Å²) in [5.41, 5.74) is 20.7. The second-order valence-corrected chi connectivity index (χ2v) is 17.7. The standard InChI is InChI=1S/C62H40/c1-2-18-40-37-41(34-33-39(40)17-1)59-47-23-3-5-25-49(47)60(50-26-6-4-24-48(50)59)42-35-36-57-58(38-42)62(53-29-13-9-21-45(53)46-22-10-14-30-54(46)62)56-32-16-15-31-55(56)61(57)51-27-11-7-19-43(51)44-20-8-12-28-52(44)61/h1-9,11-21,23-38H,10,22H2. The van der Waals surface area contributed by atoms with Crippen molar-refractivity contribution in [1.29, 1.82) is 0 Å². The molecule has 62 heavy (non-hydrogen) atoms. The highest BCUT2D eigenvalue weighted by atomic mass is 14.6. The quantitative estimate of drug-likeness (QED) is 0.153. The van der Waals surface area contributed by atoms with Crippen LogP contribution in [-0.2, 0) is 10.8 Å². The molecular formula is C62H40. The fourth-order valence-electron chi connectivity index (χ4n) is 12.8. The predicted octanol–water partition coefficient (Wildman–Crippen LogP) is 15.6. The lowest BCUT2D eigenvalue weighted by atomic mass is 9.51. The Morgan fingerprint density at radius 1 is 0.323 bits per heavy atom. The number of hydrogen-bond donors (Lipinski definition) is 0. The zero-order valence-corrected chi connectivity index (χ0v) is 34.2. The van der Waals surface area contributed by atoms with Crippen LogP contribution < -0.4 is 0 Å². The maximum absolute atomic E-state index is 2.63. The Kier molecular flexibility index (Phi) is 6.90. The number of allylic oxidation sites excluding steroid dienone is 4. The third-order valence-electron chi connectivity index (χ3n) is 15.0. The molecule has 10 aromatic rings. The monoisotopic (exact) mass is 784 g/mol. The van der Waals surface area contributed by atoms with E-state index in [4.69, 9.17) is 0 Å². The van der Waals surface area contributed by atoms with Crippen LogP contribution in [0.5, 0.6) is 0 Å². The van der Waals surface area contributed by atoms with Crippen LogP contribution in [0.4, 0.5) is 0 Å². The van der Waals surface area contributed by atoms with Gasteiger partial charge in [-0.15, -0.1) is 0 Å². The summed E-state index contributed by atoms with van der Waals surface area (Å²) in [5.74, 6) is 0. The Morgan fingerprint density at radius 2 is 0.774 bits per heavy atom. The molecule has 0 radical (unpaired) electrons. The van der Waals surface area contributed by atoms with Crippen LogP contribution in [0.15, 0.2) is 224 Å². The zero-order chi connectivity index (χ0) is 40.6. The van der Waals surface area contributed by atoms with Crippen molar-refractivity contribution in [2.45, 2.75) is 23.7 Å². The van der Waals surface area contributed by atoms with Crippen molar-refractivity contribution >= 4 is 37.9 Å². The highest BCUT2D eigenvalue weighted by Crippen LogP contribution is 2.68. The Balaban J connectivity index is 1.14. The van der Waals surface area contributed by atoms with Crippen LogP contribution in [0.25, 0.3) is 71.3 Å². The Morgan fingerprint density at radius 3 is 1.40 bits per heavy atom. The van der Waals surface area contributed by atoms with E-state index in [9.17, 15) is 0 Å². The number of fused-ring (bicyclic) bond motifs is 18. The maximum atomic E-state index is 2.63. The minimum atomic E-state index is -0.501. The first-order chi connectivity index (χ1) is 30.8.